The summed E-state index contributed by atoms with van der Waals surface area (Å²) in [6.07, 6.45) is 6.45. The van der Waals surface area contributed by atoms with Crippen LogP contribution in [0.4, 0.5) is 0 Å². The molecule has 0 spiro atoms. The molecule has 3 aliphatic rings. The summed E-state index contributed by atoms with van der Waals surface area (Å²) in [6, 6.07) is 0. The van der Waals surface area contributed by atoms with Crippen LogP contribution in [0.2, 0.25) is 0 Å². The average Bonchev–Trinajstić information content (AvgIpc) is 2.88. The first-order chi connectivity index (χ1) is 12.2. The molecule has 0 radical (unpaired) electrons. The van der Waals surface area contributed by atoms with E-state index in [1.807, 2.05) is 13.0 Å². The van der Waals surface area contributed by atoms with E-state index in [-0.39, 0.29) is 11.7 Å². The molecule has 4 heteroatoms. The van der Waals surface area contributed by atoms with Crippen molar-refractivity contribution in [2.24, 2.45) is 11.3 Å². The molecule has 0 aromatic heterocycles. The first-order valence-electron chi connectivity index (χ1n) is 9.75. The predicted molar refractivity (Wildman–Crippen MR) is 103 cm³/mol. The molecule has 0 unspecified atom stereocenters. The first kappa shape index (κ1) is 19.8. The lowest BCUT2D eigenvalue weighted by atomic mass is 9.61. The summed E-state index contributed by atoms with van der Waals surface area (Å²) >= 11 is 0. The largest absolute Gasteiger partial charge is 0.389 e. The number of aliphatic hydroxyl groups is 1. The molecule has 0 amide bonds. The lowest BCUT2D eigenvalue weighted by Crippen LogP contribution is -2.44. The fraction of sp³-hybridized carbons (Fsp3) is 0.727. The van der Waals surface area contributed by atoms with Crippen LogP contribution in [0.1, 0.15) is 59.3 Å². The summed E-state index contributed by atoms with van der Waals surface area (Å²) in [5.41, 5.74) is 4.67. The molecular weight excluding hydrogens is 328 g/mol. The number of aliphatic hydroxyl groups excluding tert-OH is 1. The van der Waals surface area contributed by atoms with Gasteiger partial charge in [0.1, 0.15) is 0 Å². The van der Waals surface area contributed by atoms with Crippen molar-refractivity contribution >= 4 is 0 Å². The maximum Gasteiger partial charge on any atom is 0.198 e. The Bertz CT molecular complexity index is 630. The third-order valence-electron chi connectivity index (χ3n) is 6.59. The van der Waals surface area contributed by atoms with E-state index in [4.69, 9.17) is 14.2 Å². The molecule has 0 fully saturated rings. The van der Waals surface area contributed by atoms with E-state index in [1.165, 1.54) is 11.1 Å². The standard InChI is InChI=1S/C22H34O4/c1-14-7-8-16-9-10-18-19(21(16,3)4)22(25-6,26-20(18)24-5)13-15(2)12-17(23)11-14/h12,16-17,20,23H,1,7-11,13H2,2-6H3/b15-12-/t16-,17+,20-,22-/m1/s1. The van der Waals surface area contributed by atoms with E-state index >= 15 is 0 Å². The van der Waals surface area contributed by atoms with Gasteiger partial charge in [-0.1, -0.05) is 37.6 Å². The second kappa shape index (κ2) is 7.23. The first-order valence-corrected chi connectivity index (χ1v) is 9.75. The quantitative estimate of drug-likeness (QED) is 0.735. The van der Waals surface area contributed by atoms with Crippen LogP contribution in [-0.2, 0) is 14.2 Å². The lowest BCUT2D eigenvalue weighted by Gasteiger charge is -2.46. The van der Waals surface area contributed by atoms with E-state index < -0.39 is 11.9 Å². The van der Waals surface area contributed by atoms with Gasteiger partial charge in [-0.3, -0.25) is 0 Å². The number of methoxy groups -OCH3 is 2. The Labute approximate surface area is 157 Å². The molecule has 26 heavy (non-hydrogen) atoms. The highest BCUT2D eigenvalue weighted by molar-refractivity contribution is 5.38. The molecule has 4 atom stereocenters. The lowest BCUT2D eigenvalue weighted by molar-refractivity contribution is -0.251. The Hall–Kier alpha value is -0.940. The molecule has 1 aliphatic heterocycles. The van der Waals surface area contributed by atoms with Crippen molar-refractivity contribution in [3.63, 3.8) is 0 Å². The van der Waals surface area contributed by atoms with E-state index in [9.17, 15) is 5.11 Å². The summed E-state index contributed by atoms with van der Waals surface area (Å²) in [7, 11) is 3.42. The molecule has 0 aromatic rings. The van der Waals surface area contributed by atoms with Crippen LogP contribution in [-0.4, -0.2) is 37.5 Å². The van der Waals surface area contributed by atoms with Crippen LogP contribution < -0.4 is 0 Å². The SMILES string of the molecule is C=C1CC[C@@H]2CCC3=C(C2(C)C)[C@@](OC)(C/C(C)=C\[C@@H](O)C1)O[C@H]3OC. The second-order valence-electron chi connectivity index (χ2n) is 8.75. The van der Waals surface area contributed by atoms with Crippen LogP contribution in [0, 0.1) is 11.3 Å². The van der Waals surface area contributed by atoms with Crippen molar-refractivity contribution < 1.29 is 19.3 Å². The fourth-order valence-corrected chi connectivity index (χ4v) is 5.35. The summed E-state index contributed by atoms with van der Waals surface area (Å²) in [5, 5.41) is 10.4. The number of hydrogen-bond acceptors (Lipinski definition) is 4. The minimum absolute atomic E-state index is 0.0325. The maximum absolute atomic E-state index is 10.4. The van der Waals surface area contributed by atoms with Gasteiger partial charge >= 0.3 is 0 Å². The normalized spacial score (nSPS) is 39.8. The molecule has 2 bridgehead atoms. The highest BCUT2D eigenvalue weighted by Crippen LogP contribution is 2.58. The molecule has 0 saturated heterocycles. The Morgan fingerprint density at radius 2 is 1.92 bits per heavy atom. The highest BCUT2D eigenvalue weighted by Gasteiger charge is 2.56. The number of ether oxygens (including phenoxy) is 3. The minimum Gasteiger partial charge on any atom is -0.389 e. The monoisotopic (exact) mass is 362 g/mol. The second-order valence-corrected chi connectivity index (χ2v) is 8.75. The number of rotatable bonds is 2. The van der Waals surface area contributed by atoms with E-state index in [0.29, 0.717) is 18.8 Å². The molecule has 3 rings (SSSR count). The average molecular weight is 363 g/mol. The van der Waals surface area contributed by atoms with E-state index in [1.54, 1.807) is 14.2 Å². The molecule has 4 nitrogen and oxygen atoms in total. The van der Waals surface area contributed by atoms with Gasteiger partial charge in [0.15, 0.2) is 12.1 Å². The Morgan fingerprint density at radius 3 is 2.58 bits per heavy atom. The van der Waals surface area contributed by atoms with Gasteiger partial charge in [-0.05, 0) is 61.5 Å². The maximum atomic E-state index is 10.4. The van der Waals surface area contributed by atoms with Crippen molar-refractivity contribution in [2.45, 2.75) is 77.5 Å². The van der Waals surface area contributed by atoms with Crippen molar-refractivity contribution in [3.8, 4) is 0 Å². The summed E-state index contributed by atoms with van der Waals surface area (Å²) < 4.78 is 18.1. The molecule has 2 aliphatic carbocycles. The molecule has 1 N–H and O–H groups in total. The molecule has 0 saturated carbocycles. The predicted octanol–water partition coefficient (Wildman–Crippen LogP) is 4.50. The van der Waals surface area contributed by atoms with Gasteiger partial charge in [-0.2, -0.15) is 0 Å². The molecular formula is C22H34O4. The van der Waals surface area contributed by atoms with E-state index in [0.717, 1.165) is 36.8 Å². The summed E-state index contributed by atoms with van der Waals surface area (Å²) in [6.45, 7) is 10.9. The Kier molecular flexibility index (Phi) is 5.51. The highest BCUT2D eigenvalue weighted by atomic mass is 16.8. The van der Waals surface area contributed by atoms with Crippen molar-refractivity contribution in [3.05, 3.63) is 34.9 Å². The third-order valence-corrected chi connectivity index (χ3v) is 6.59. The molecule has 1 heterocycles. The third kappa shape index (κ3) is 3.33. The smallest absolute Gasteiger partial charge is 0.198 e. The van der Waals surface area contributed by atoms with Gasteiger partial charge < -0.3 is 19.3 Å². The topological polar surface area (TPSA) is 47.9 Å². The van der Waals surface area contributed by atoms with Gasteiger partial charge in [0.05, 0.1) is 6.10 Å². The van der Waals surface area contributed by atoms with Crippen LogP contribution >= 0.6 is 0 Å². The fourth-order valence-electron chi connectivity index (χ4n) is 5.35. The molecule has 146 valence electrons. The van der Waals surface area contributed by atoms with Crippen molar-refractivity contribution in [2.75, 3.05) is 14.2 Å². The zero-order chi connectivity index (χ0) is 19.1. The number of hydrogen-bond donors (Lipinski definition) is 1. The van der Waals surface area contributed by atoms with Crippen molar-refractivity contribution in [1.29, 1.82) is 0 Å². The van der Waals surface area contributed by atoms with E-state index in [2.05, 4.69) is 20.4 Å². The summed E-state index contributed by atoms with van der Waals surface area (Å²) in [5.74, 6) is -0.276. The van der Waals surface area contributed by atoms with Gasteiger partial charge in [0.2, 0.25) is 0 Å². The Morgan fingerprint density at radius 1 is 1.23 bits per heavy atom. The van der Waals surface area contributed by atoms with Gasteiger partial charge in [-0.15, -0.1) is 0 Å². The summed E-state index contributed by atoms with van der Waals surface area (Å²) in [4.78, 5) is 0. The minimum atomic E-state index is -0.811. The number of fused-ring (bicyclic) bond motifs is 1. The van der Waals surface area contributed by atoms with Crippen LogP contribution in [0.15, 0.2) is 34.9 Å². The van der Waals surface area contributed by atoms with Crippen LogP contribution in [0.25, 0.3) is 0 Å². The Balaban J connectivity index is 2.12. The van der Waals surface area contributed by atoms with Gasteiger partial charge in [-0.25, -0.2) is 0 Å². The van der Waals surface area contributed by atoms with Gasteiger partial charge in [0.25, 0.3) is 0 Å². The molecule has 0 aromatic carbocycles. The zero-order valence-electron chi connectivity index (χ0n) is 16.9. The van der Waals surface area contributed by atoms with Crippen molar-refractivity contribution in [1.82, 2.24) is 0 Å². The zero-order valence-corrected chi connectivity index (χ0v) is 16.9. The van der Waals surface area contributed by atoms with Crippen LogP contribution in [0.3, 0.4) is 0 Å². The van der Waals surface area contributed by atoms with Crippen LogP contribution in [0.5, 0.6) is 0 Å². The van der Waals surface area contributed by atoms with Gasteiger partial charge in [0, 0.05) is 20.6 Å².